The molecule has 1 saturated carbocycles. The van der Waals surface area contributed by atoms with Crippen molar-refractivity contribution in [3.8, 4) is 5.69 Å². The van der Waals surface area contributed by atoms with Crippen molar-refractivity contribution in [3.63, 3.8) is 0 Å². The molecule has 2 aliphatic rings. The van der Waals surface area contributed by atoms with Crippen molar-refractivity contribution in [2.24, 2.45) is 11.3 Å². The summed E-state index contributed by atoms with van der Waals surface area (Å²) in [4.78, 5) is 0. The third-order valence-electron chi connectivity index (χ3n) is 7.06. The van der Waals surface area contributed by atoms with E-state index in [1.807, 2.05) is 12.3 Å². The Morgan fingerprint density at radius 2 is 1.90 bits per heavy atom. The molecule has 0 spiro atoms. The first-order valence-corrected chi connectivity index (χ1v) is 10.6. The van der Waals surface area contributed by atoms with Crippen LogP contribution in [0.2, 0.25) is 0 Å². The molecule has 3 aromatic rings. The van der Waals surface area contributed by atoms with E-state index in [0.717, 1.165) is 31.4 Å². The standard InChI is InChI=1S/C26H28N2O/c1-18-8-11-22(12-9-18)28-24-15-21-10-13-23(26(21,2)16-20(24)17-27-28)25(29)14-19-6-4-3-5-7-19/h3-9,11-12,15,17,23,25,29H,10,13-14,16H2,1-2H3/t23-,25?,26?/m1/s1. The summed E-state index contributed by atoms with van der Waals surface area (Å²) in [6.07, 6.45) is 7.85. The average molecular weight is 385 g/mol. The van der Waals surface area contributed by atoms with Crippen LogP contribution in [0.25, 0.3) is 11.8 Å². The zero-order valence-corrected chi connectivity index (χ0v) is 17.2. The van der Waals surface area contributed by atoms with Crippen LogP contribution in [0.15, 0.2) is 66.4 Å². The van der Waals surface area contributed by atoms with Gasteiger partial charge in [-0.05, 0) is 73.3 Å². The maximum absolute atomic E-state index is 11.1. The summed E-state index contributed by atoms with van der Waals surface area (Å²) in [5.41, 5.74) is 7.56. The second-order valence-electron chi connectivity index (χ2n) is 8.97. The quantitative estimate of drug-likeness (QED) is 0.676. The molecule has 0 saturated heterocycles. The Morgan fingerprint density at radius 1 is 1.14 bits per heavy atom. The fourth-order valence-electron chi connectivity index (χ4n) is 5.38. The van der Waals surface area contributed by atoms with Crippen molar-refractivity contribution in [1.82, 2.24) is 9.78 Å². The van der Waals surface area contributed by atoms with Crippen LogP contribution in [-0.2, 0) is 12.8 Å². The minimum atomic E-state index is -0.318. The molecule has 2 aromatic carbocycles. The van der Waals surface area contributed by atoms with Gasteiger partial charge in [0.15, 0.2) is 0 Å². The Labute approximate surface area is 172 Å². The number of aliphatic hydroxyl groups excluding tert-OH is 1. The van der Waals surface area contributed by atoms with Crippen LogP contribution in [0.3, 0.4) is 0 Å². The van der Waals surface area contributed by atoms with E-state index in [2.05, 4.69) is 73.1 Å². The summed E-state index contributed by atoms with van der Waals surface area (Å²) in [5.74, 6) is 0.282. The van der Waals surface area contributed by atoms with Crippen molar-refractivity contribution in [3.05, 3.63) is 88.8 Å². The van der Waals surface area contributed by atoms with Gasteiger partial charge < -0.3 is 5.11 Å². The van der Waals surface area contributed by atoms with Gasteiger partial charge >= 0.3 is 0 Å². The van der Waals surface area contributed by atoms with Gasteiger partial charge in [-0.1, -0.05) is 60.5 Å². The van der Waals surface area contributed by atoms with E-state index >= 15 is 0 Å². The van der Waals surface area contributed by atoms with Gasteiger partial charge in [0.25, 0.3) is 0 Å². The number of benzene rings is 2. The number of fused-ring (bicyclic) bond motifs is 2. The van der Waals surface area contributed by atoms with Gasteiger partial charge in [-0.2, -0.15) is 5.10 Å². The molecule has 3 heteroatoms. The Kier molecular flexibility index (Phi) is 4.44. The molecule has 1 heterocycles. The van der Waals surface area contributed by atoms with Gasteiger partial charge in [-0.15, -0.1) is 0 Å². The predicted octanol–water partition coefficient (Wildman–Crippen LogP) is 5.14. The van der Waals surface area contributed by atoms with Crippen LogP contribution in [0.4, 0.5) is 0 Å². The molecule has 148 valence electrons. The average Bonchev–Trinajstić information content (AvgIpc) is 3.27. The summed E-state index contributed by atoms with van der Waals surface area (Å²) >= 11 is 0. The summed E-state index contributed by atoms with van der Waals surface area (Å²) < 4.78 is 2.06. The molecule has 2 unspecified atom stereocenters. The van der Waals surface area contributed by atoms with Gasteiger partial charge in [0.05, 0.1) is 23.7 Å². The van der Waals surface area contributed by atoms with Gasteiger partial charge in [0, 0.05) is 0 Å². The molecule has 0 amide bonds. The first-order chi connectivity index (χ1) is 14.0. The van der Waals surface area contributed by atoms with Crippen LogP contribution in [-0.4, -0.2) is 21.0 Å². The fraction of sp³-hybridized carbons (Fsp3) is 0.346. The Hall–Kier alpha value is -2.65. The number of aliphatic hydroxyl groups is 1. The Balaban J connectivity index is 1.44. The van der Waals surface area contributed by atoms with Gasteiger partial charge in [0.1, 0.15) is 0 Å². The van der Waals surface area contributed by atoms with E-state index in [1.54, 1.807) is 0 Å². The number of aryl methyl sites for hydroxylation is 1. The molecule has 1 aromatic heterocycles. The van der Waals surface area contributed by atoms with Crippen LogP contribution in [0.1, 0.15) is 42.1 Å². The molecule has 3 nitrogen and oxygen atoms in total. The third-order valence-corrected chi connectivity index (χ3v) is 7.06. The number of allylic oxidation sites excluding steroid dienone is 1. The normalized spacial score (nSPS) is 24.0. The zero-order valence-electron chi connectivity index (χ0n) is 17.2. The van der Waals surface area contributed by atoms with Gasteiger partial charge in [-0.3, -0.25) is 0 Å². The van der Waals surface area contributed by atoms with Crippen LogP contribution >= 0.6 is 0 Å². The van der Waals surface area contributed by atoms with E-state index in [9.17, 15) is 5.11 Å². The van der Waals surface area contributed by atoms with E-state index < -0.39 is 0 Å². The topological polar surface area (TPSA) is 38.0 Å². The lowest BCUT2D eigenvalue weighted by Crippen LogP contribution is -2.37. The number of nitrogens with zero attached hydrogens (tertiary/aromatic N) is 2. The number of rotatable bonds is 4. The zero-order chi connectivity index (χ0) is 20.0. The van der Waals surface area contributed by atoms with Crippen LogP contribution in [0.5, 0.6) is 0 Å². The molecule has 3 atom stereocenters. The maximum Gasteiger partial charge on any atom is 0.0700 e. The largest absolute Gasteiger partial charge is 0.392 e. The molecular weight excluding hydrogens is 356 g/mol. The summed E-state index contributed by atoms with van der Waals surface area (Å²) in [7, 11) is 0. The molecule has 5 rings (SSSR count). The first kappa shape index (κ1) is 18.4. The molecule has 1 fully saturated rings. The monoisotopic (exact) mass is 384 g/mol. The van der Waals surface area contributed by atoms with E-state index in [1.165, 1.54) is 28.0 Å². The van der Waals surface area contributed by atoms with Crippen molar-refractivity contribution in [1.29, 1.82) is 0 Å². The van der Waals surface area contributed by atoms with E-state index in [0.29, 0.717) is 0 Å². The second-order valence-corrected chi connectivity index (χ2v) is 8.97. The van der Waals surface area contributed by atoms with Crippen LogP contribution < -0.4 is 0 Å². The third kappa shape index (κ3) is 3.14. The number of aromatic nitrogens is 2. The molecular formula is C26H28N2O. The predicted molar refractivity (Wildman–Crippen MR) is 117 cm³/mol. The molecule has 0 bridgehead atoms. The minimum Gasteiger partial charge on any atom is -0.392 e. The molecule has 0 radical (unpaired) electrons. The molecule has 2 aliphatic carbocycles. The fourth-order valence-corrected chi connectivity index (χ4v) is 5.38. The minimum absolute atomic E-state index is 0.0162. The molecule has 0 aliphatic heterocycles. The van der Waals surface area contributed by atoms with Gasteiger partial charge in [-0.25, -0.2) is 4.68 Å². The number of hydrogen-bond donors (Lipinski definition) is 1. The lowest BCUT2D eigenvalue weighted by Gasteiger charge is -2.38. The van der Waals surface area contributed by atoms with E-state index in [-0.39, 0.29) is 17.4 Å². The highest BCUT2D eigenvalue weighted by Gasteiger charge is 2.48. The highest BCUT2D eigenvalue weighted by Crippen LogP contribution is 2.54. The SMILES string of the molecule is Cc1ccc(-n2ncc3c2C=C2CC[C@H](C(O)Cc4ccccc4)C2(C)C3)cc1. The number of hydrogen-bond acceptors (Lipinski definition) is 2. The highest BCUT2D eigenvalue weighted by molar-refractivity contribution is 5.62. The molecule has 29 heavy (non-hydrogen) atoms. The van der Waals surface area contributed by atoms with Crippen LogP contribution in [0, 0.1) is 18.3 Å². The maximum atomic E-state index is 11.1. The smallest absolute Gasteiger partial charge is 0.0700 e. The second kappa shape index (κ2) is 7.00. The lowest BCUT2D eigenvalue weighted by atomic mass is 9.67. The van der Waals surface area contributed by atoms with Crippen molar-refractivity contribution >= 4 is 6.08 Å². The van der Waals surface area contributed by atoms with Crippen molar-refractivity contribution in [2.75, 3.05) is 0 Å². The summed E-state index contributed by atoms with van der Waals surface area (Å²) in [6.45, 7) is 4.45. The Morgan fingerprint density at radius 3 is 2.66 bits per heavy atom. The lowest BCUT2D eigenvalue weighted by molar-refractivity contribution is 0.0566. The first-order valence-electron chi connectivity index (χ1n) is 10.6. The van der Waals surface area contributed by atoms with Crippen molar-refractivity contribution < 1.29 is 5.11 Å². The molecule has 1 N–H and O–H groups in total. The Bertz CT molecular complexity index is 1050. The summed E-state index contributed by atoms with van der Waals surface area (Å²) in [6, 6.07) is 18.9. The van der Waals surface area contributed by atoms with E-state index in [4.69, 9.17) is 5.10 Å². The van der Waals surface area contributed by atoms with Gasteiger partial charge in [0.2, 0.25) is 0 Å². The summed E-state index contributed by atoms with van der Waals surface area (Å²) in [5, 5.41) is 15.8. The van der Waals surface area contributed by atoms with Crippen molar-refractivity contribution in [2.45, 2.75) is 45.6 Å². The highest BCUT2D eigenvalue weighted by atomic mass is 16.3.